The van der Waals surface area contributed by atoms with Gasteiger partial charge in [0.2, 0.25) is 0 Å². The van der Waals surface area contributed by atoms with Crippen molar-refractivity contribution in [3.8, 4) is 0 Å². The zero-order chi connectivity index (χ0) is 9.26. The number of rotatable bonds is 3. The summed E-state index contributed by atoms with van der Waals surface area (Å²) in [6.07, 6.45) is 1.33. The van der Waals surface area contributed by atoms with E-state index >= 15 is 0 Å². The number of nitrogens with zero attached hydrogens (tertiary/aromatic N) is 2. The minimum atomic E-state index is 0.696. The summed E-state index contributed by atoms with van der Waals surface area (Å²) in [5.74, 6) is 0. The van der Waals surface area contributed by atoms with Crippen molar-refractivity contribution in [3.63, 3.8) is 0 Å². The SMILES string of the molecule is CCN1CCC(N(C)C2COC2)C1. The molecular formula is C10H20N2O. The van der Waals surface area contributed by atoms with Gasteiger partial charge in [0.15, 0.2) is 0 Å². The fraction of sp³-hybridized carbons (Fsp3) is 1.00. The summed E-state index contributed by atoms with van der Waals surface area (Å²) in [4.78, 5) is 5.04. The van der Waals surface area contributed by atoms with Crippen LogP contribution in [0.5, 0.6) is 0 Å². The lowest BCUT2D eigenvalue weighted by Crippen LogP contribution is -2.52. The first-order chi connectivity index (χ1) is 6.31. The maximum Gasteiger partial charge on any atom is 0.0645 e. The first kappa shape index (κ1) is 9.44. The van der Waals surface area contributed by atoms with Gasteiger partial charge in [0.1, 0.15) is 0 Å². The number of hydrogen-bond acceptors (Lipinski definition) is 3. The highest BCUT2D eigenvalue weighted by molar-refractivity contribution is 4.87. The molecule has 0 aliphatic carbocycles. The van der Waals surface area contributed by atoms with E-state index in [9.17, 15) is 0 Å². The third-order valence-electron chi connectivity index (χ3n) is 3.47. The highest BCUT2D eigenvalue weighted by Crippen LogP contribution is 2.19. The topological polar surface area (TPSA) is 15.7 Å². The predicted octanol–water partition coefficient (Wildman–Crippen LogP) is 0.411. The highest BCUT2D eigenvalue weighted by atomic mass is 16.5. The van der Waals surface area contributed by atoms with Gasteiger partial charge >= 0.3 is 0 Å². The average Bonchev–Trinajstić information content (AvgIpc) is 2.48. The summed E-state index contributed by atoms with van der Waals surface area (Å²) in [6.45, 7) is 7.86. The second kappa shape index (κ2) is 3.95. The van der Waals surface area contributed by atoms with E-state index < -0.39 is 0 Å². The maximum absolute atomic E-state index is 5.21. The maximum atomic E-state index is 5.21. The number of ether oxygens (including phenoxy) is 1. The van der Waals surface area contributed by atoms with Crippen molar-refractivity contribution >= 4 is 0 Å². The van der Waals surface area contributed by atoms with Crippen LogP contribution in [0.15, 0.2) is 0 Å². The first-order valence-corrected chi connectivity index (χ1v) is 5.33. The van der Waals surface area contributed by atoms with Crippen LogP contribution in [0.4, 0.5) is 0 Å². The van der Waals surface area contributed by atoms with E-state index in [0.717, 1.165) is 19.3 Å². The van der Waals surface area contributed by atoms with Gasteiger partial charge in [-0.3, -0.25) is 4.90 Å². The van der Waals surface area contributed by atoms with Crippen LogP contribution in [0.25, 0.3) is 0 Å². The molecule has 0 aromatic rings. The minimum Gasteiger partial charge on any atom is -0.378 e. The molecule has 0 spiro atoms. The second-order valence-corrected chi connectivity index (χ2v) is 4.19. The molecule has 0 saturated carbocycles. The molecule has 0 amide bonds. The van der Waals surface area contributed by atoms with Crippen molar-refractivity contribution < 1.29 is 4.74 Å². The van der Waals surface area contributed by atoms with Gasteiger partial charge < -0.3 is 9.64 Å². The fourth-order valence-electron chi connectivity index (χ4n) is 2.19. The number of likely N-dealkylation sites (N-methyl/N-ethyl adjacent to an activating group) is 2. The van der Waals surface area contributed by atoms with Gasteiger partial charge in [-0.05, 0) is 26.6 Å². The van der Waals surface area contributed by atoms with E-state index in [4.69, 9.17) is 4.74 Å². The third-order valence-corrected chi connectivity index (χ3v) is 3.47. The van der Waals surface area contributed by atoms with E-state index in [1.54, 1.807) is 0 Å². The van der Waals surface area contributed by atoms with Crippen molar-refractivity contribution in [2.45, 2.75) is 25.4 Å². The van der Waals surface area contributed by atoms with Crippen molar-refractivity contribution in [3.05, 3.63) is 0 Å². The van der Waals surface area contributed by atoms with Gasteiger partial charge in [0.25, 0.3) is 0 Å². The number of likely N-dealkylation sites (tertiary alicyclic amines) is 1. The summed E-state index contributed by atoms with van der Waals surface area (Å²) >= 11 is 0. The molecule has 13 heavy (non-hydrogen) atoms. The monoisotopic (exact) mass is 184 g/mol. The Morgan fingerprint density at radius 2 is 2.15 bits per heavy atom. The van der Waals surface area contributed by atoms with Gasteiger partial charge in [0.05, 0.1) is 19.3 Å². The largest absolute Gasteiger partial charge is 0.378 e. The molecule has 0 radical (unpaired) electrons. The van der Waals surface area contributed by atoms with Crippen molar-refractivity contribution in [2.24, 2.45) is 0 Å². The summed E-state index contributed by atoms with van der Waals surface area (Å²) in [7, 11) is 2.25. The van der Waals surface area contributed by atoms with Gasteiger partial charge in [-0.25, -0.2) is 0 Å². The third kappa shape index (κ3) is 1.87. The standard InChI is InChI=1S/C10H20N2O/c1-3-12-5-4-9(6-12)11(2)10-7-13-8-10/h9-10H,3-8H2,1-2H3. The summed E-state index contributed by atoms with van der Waals surface area (Å²) in [6, 6.07) is 1.47. The fourth-order valence-corrected chi connectivity index (χ4v) is 2.19. The van der Waals surface area contributed by atoms with Gasteiger partial charge in [-0.2, -0.15) is 0 Å². The molecule has 2 aliphatic rings. The second-order valence-electron chi connectivity index (χ2n) is 4.19. The van der Waals surface area contributed by atoms with Crippen LogP contribution in [0.1, 0.15) is 13.3 Å². The molecule has 1 unspecified atom stereocenters. The Labute approximate surface area is 80.6 Å². The molecule has 0 aromatic carbocycles. The van der Waals surface area contributed by atoms with Crippen LogP contribution in [0.3, 0.4) is 0 Å². The van der Waals surface area contributed by atoms with E-state index in [1.165, 1.54) is 26.1 Å². The van der Waals surface area contributed by atoms with Gasteiger partial charge in [0, 0.05) is 12.6 Å². The Kier molecular flexibility index (Phi) is 2.86. The lowest BCUT2D eigenvalue weighted by Gasteiger charge is -2.38. The molecular weight excluding hydrogens is 164 g/mol. The molecule has 2 heterocycles. The molecule has 2 aliphatic heterocycles. The van der Waals surface area contributed by atoms with E-state index in [2.05, 4.69) is 23.8 Å². The van der Waals surface area contributed by atoms with Crippen LogP contribution in [0.2, 0.25) is 0 Å². The average molecular weight is 184 g/mol. The van der Waals surface area contributed by atoms with Crippen LogP contribution in [-0.2, 0) is 4.74 Å². The normalized spacial score (nSPS) is 31.2. The Bertz CT molecular complexity index is 170. The molecule has 2 saturated heterocycles. The lowest BCUT2D eigenvalue weighted by atomic mass is 10.1. The molecule has 2 fully saturated rings. The molecule has 3 heteroatoms. The van der Waals surface area contributed by atoms with Gasteiger partial charge in [-0.15, -0.1) is 0 Å². The predicted molar refractivity (Wildman–Crippen MR) is 52.9 cm³/mol. The molecule has 1 atom stereocenters. The van der Waals surface area contributed by atoms with E-state index in [1.807, 2.05) is 0 Å². The van der Waals surface area contributed by atoms with Crippen molar-refractivity contribution in [2.75, 3.05) is 39.9 Å². The van der Waals surface area contributed by atoms with Crippen LogP contribution < -0.4 is 0 Å². The Morgan fingerprint density at radius 3 is 2.62 bits per heavy atom. The Morgan fingerprint density at radius 1 is 1.38 bits per heavy atom. The minimum absolute atomic E-state index is 0.696. The smallest absolute Gasteiger partial charge is 0.0645 e. The molecule has 76 valence electrons. The zero-order valence-corrected chi connectivity index (χ0v) is 8.70. The highest BCUT2D eigenvalue weighted by Gasteiger charge is 2.32. The molecule has 0 aromatic heterocycles. The van der Waals surface area contributed by atoms with Crippen LogP contribution in [-0.4, -0.2) is 61.8 Å². The van der Waals surface area contributed by atoms with E-state index in [-0.39, 0.29) is 0 Å². The lowest BCUT2D eigenvalue weighted by molar-refractivity contribution is -0.0678. The van der Waals surface area contributed by atoms with Crippen molar-refractivity contribution in [1.82, 2.24) is 9.80 Å². The number of hydrogen-bond donors (Lipinski definition) is 0. The Hall–Kier alpha value is -0.120. The quantitative estimate of drug-likeness (QED) is 0.632. The summed E-state index contributed by atoms with van der Waals surface area (Å²) < 4.78 is 5.21. The van der Waals surface area contributed by atoms with Crippen molar-refractivity contribution in [1.29, 1.82) is 0 Å². The molecule has 2 rings (SSSR count). The summed E-state index contributed by atoms with van der Waals surface area (Å²) in [5, 5.41) is 0. The first-order valence-electron chi connectivity index (χ1n) is 5.33. The Balaban J connectivity index is 1.80. The molecule has 0 N–H and O–H groups in total. The van der Waals surface area contributed by atoms with E-state index in [0.29, 0.717) is 6.04 Å². The zero-order valence-electron chi connectivity index (χ0n) is 8.70. The molecule has 0 bridgehead atoms. The van der Waals surface area contributed by atoms with Gasteiger partial charge in [-0.1, -0.05) is 6.92 Å². The molecule has 3 nitrogen and oxygen atoms in total. The van der Waals surface area contributed by atoms with Crippen LogP contribution in [0, 0.1) is 0 Å². The van der Waals surface area contributed by atoms with Crippen LogP contribution >= 0.6 is 0 Å². The summed E-state index contributed by atoms with van der Waals surface area (Å²) in [5.41, 5.74) is 0.